The van der Waals surface area contributed by atoms with E-state index in [9.17, 15) is 19.0 Å². The number of carbonyl (C=O) groups excluding carboxylic acids is 2. The van der Waals surface area contributed by atoms with E-state index in [1.807, 2.05) is 21.1 Å². The minimum atomic E-state index is -4.40. The van der Waals surface area contributed by atoms with Crippen molar-refractivity contribution in [3.05, 3.63) is 122 Å². The maximum absolute atomic E-state index is 12.9. The first kappa shape index (κ1) is 84.4. The number of hydrogen-bond acceptors (Lipinski definition) is 7. The summed E-state index contributed by atoms with van der Waals surface area (Å²) in [6, 6.07) is 0. The first-order valence-corrected chi connectivity index (χ1v) is 37.8. The molecule has 0 saturated heterocycles. The molecule has 0 bridgehead atoms. The van der Waals surface area contributed by atoms with Crippen molar-refractivity contribution in [1.29, 1.82) is 0 Å². The average molecular weight is 1250 g/mol. The van der Waals surface area contributed by atoms with Gasteiger partial charge in [0.25, 0.3) is 0 Å². The predicted molar refractivity (Wildman–Crippen MR) is 381 cm³/mol. The zero-order valence-electron chi connectivity index (χ0n) is 57.7. The van der Waals surface area contributed by atoms with Crippen molar-refractivity contribution in [2.24, 2.45) is 0 Å². The van der Waals surface area contributed by atoms with Crippen LogP contribution in [0.5, 0.6) is 0 Å². The van der Waals surface area contributed by atoms with Gasteiger partial charge >= 0.3 is 19.8 Å². The number of phosphoric ester groups is 1. The Morgan fingerprint density at radius 3 is 0.966 bits per heavy atom. The van der Waals surface area contributed by atoms with Gasteiger partial charge in [0, 0.05) is 12.8 Å². The highest BCUT2D eigenvalue weighted by atomic mass is 31.2. The van der Waals surface area contributed by atoms with Gasteiger partial charge in [-0.15, -0.1) is 0 Å². The maximum Gasteiger partial charge on any atom is 0.472 e. The second kappa shape index (κ2) is 67.8. The van der Waals surface area contributed by atoms with Crippen LogP contribution in [0.4, 0.5) is 0 Å². The minimum Gasteiger partial charge on any atom is -0.462 e. The minimum absolute atomic E-state index is 0.0243. The van der Waals surface area contributed by atoms with Crippen LogP contribution in [0.3, 0.4) is 0 Å². The van der Waals surface area contributed by atoms with E-state index < -0.39 is 26.5 Å². The number of nitrogens with zero attached hydrogens (tertiary/aromatic N) is 1. The molecule has 0 aromatic carbocycles. The standard InChI is InChI=1S/C78H136NO8P/c1-6-8-10-12-14-16-18-20-22-24-26-28-30-32-34-35-36-37-38-39-40-41-42-43-45-47-49-51-53-55-57-59-61-63-65-67-69-71-78(81)87-76(75-86-88(82,83)85-73-72-79(3,4)5)74-84-77(80)70-68-66-64-62-60-58-56-54-52-50-48-46-44-33-31-29-27-25-23-21-19-17-15-13-11-9-7-2/h8,10,14,16,20,22,26,28,32,34,36-37,39-40,42-43,47,49,53,55,76H,6-7,9,11-13,15,17-19,21,23-25,27,29-31,33,35,38,41,44-46,48,50-52,54,56-75H2,1-5H3/p+1/b10-8-,16-14-,22-20-,28-26-,34-32-,37-36-,40-39-,43-42-,49-47-,55-53-. The Hall–Kier alpha value is -3.59. The van der Waals surface area contributed by atoms with Crippen molar-refractivity contribution in [3.63, 3.8) is 0 Å². The molecule has 0 aromatic rings. The van der Waals surface area contributed by atoms with Crippen molar-refractivity contribution >= 4 is 19.8 Å². The van der Waals surface area contributed by atoms with Crippen LogP contribution in [0, 0.1) is 0 Å². The first-order valence-electron chi connectivity index (χ1n) is 36.3. The van der Waals surface area contributed by atoms with Crippen LogP contribution in [0.25, 0.3) is 0 Å². The number of ether oxygens (including phenoxy) is 2. The molecular weight excluding hydrogens is 1110 g/mol. The normalized spacial score (nSPS) is 13.8. The molecular formula is C78H137NO8P+. The second-order valence-corrected chi connectivity index (χ2v) is 26.7. The zero-order chi connectivity index (χ0) is 64.1. The predicted octanol–water partition coefficient (Wildman–Crippen LogP) is 23.8. The fourth-order valence-electron chi connectivity index (χ4n) is 9.99. The van der Waals surface area contributed by atoms with Gasteiger partial charge in [-0.2, -0.15) is 0 Å². The third kappa shape index (κ3) is 71.5. The van der Waals surface area contributed by atoms with Crippen LogP contribution in [0.2, 0.25) is 0 Å². The van der Waals surface area contributed by atoms with Crippen LogP contribution in [0.15, 0.2) is 122 Å². The number of unbranched alkanes of at least 4 members (excludes halogenated alkanes) is 32. The Kier molecular flexibility index (Phi) is 65.0. The topological polar surface area (TPSA) is 108 Å². The van der Waals surface area contributed by atoms with Gasteiger partial charge in [0.1, 0.15) is 19.8 Å². The summed E-state index contributed by atoms with van der Waals surface area (Å²) in [6.07, 6.45) is 97.4. The number of hydrogen-bond donors (Lipinski definition) is 1. The Morgan fingerprint density at radius 1 is 0.364 bits per heavy atom. The number of carbonyl (C=O) groups is 2. The summed E-state index contributed by atoms with van der Waals surface area (Å²) in [5.74, 6) is -0.809. The summed E-state index contributed by atoms with van der Waals surface area (Å²) < 4.78 is 34.7. The summed E-state index contributed by atoms with van der Waals surface area (Å²) in [7, 11) is 1.46. The smallest absolute Gasteiger partial charge is 0.462 e. The molecule has 1 N–H and O–H groups in total. The molecule has 0 radical (unpaired) electrons. The largest absolute Gasteiger partial charge is 0.472 e. The third-order valence-electron chi connectivity index (χ3n) is 15.5. The molecule has 0 aliphatic heterocycles. The van der Waals surface area contributed by atoms with E-state index >= 15 is 0 Å². The van der Waals surface area contributed by atoms with Crippen LogP contribution in [-0.4, -0.2) is 74.9 Å². The highest BCUT2D eigenvalue weighted by molar-refractivity contribution is 7.47. The number of phosphoric acid groups is 1. The van der Waals surface area contributed by atoms with E-state index in [2.05, 4.69) is 135 Å². The summed E-state index contributed by atoms with van der Waals surface area (Å²) in [4.78, 5) is 35.9. The highest BCUT2D eigenvalue weighted by Crippen LogP contribution is 2.43. The fraction of sp³-hybridized carbons (Fsp3) is 0.718. The maximum atomic E-state index is 12.9. The monoisotopic (exact) mass is 1250 g/mol. The quantitative estimate of drug-likeness (QED) is 0.0211. The van der Waals surface area contributed by atoms with Crippen molar-refractivity contribution in [1.82, 2.24) is 0 Å². The molecule has 88 heavy (non-hydrogen) atoms. The molecule has 0 heterocycles. The molecule has 0 rings (SSSR count). The molecule has 0 aromatic heterocycles. The van der Waals surface area contributed by atoms with Crippen LogP contribution < -0.4 is 0 Å². The average Bonchev–Trinajstić information content (AvgIpc) is 3.68. The number of allylic oxidation sites excluding steroid dienone is 20. The number of quaternary nitrogens is 1. The van der Waals surface area contributed by atoms with Crippen molar-refractivity contribution in [2.75, 3.05) is 47.5 Å². The van der Waals surface area contributed by atoms with Crippen molar-refractivity contribution < 1.29 is 42.1 Å². The third-order valence-corrected chi connectivity index (χ3v) is 16.5. The lowest BCUT2D eigenvalue weighted by atomic mass is 10.0. The van der Waals surface area contributed by atoms with Crippen molar-refractivity contribution in [2.45, 2.75) is 315 Å². The van der Waals surface area contributed by atoms with Gasteiger partial charge in [0.2, 0.25) is 0 Å². The molecule has 0 amide bonds. The molecule has 0 fully saturated rings. The Balaban J connectivity index is 4.11. The van der Waals surface area contributed by atoms with Gasteiger partial charge in [-0.1, -0.05) is 328 Å². The van der Waals surface area contributed by atoms with Gasteiger partial charge in [-0.3, -0.25) is 18.6 Å². The first-order chi connectivity index (χ1) is 43.0. The summed E-state index contributed by atoms with van der Waals surface area (Å²) in [6.45, 7) is 4.33. The van der Waals surface area contributed by atoms with E-state index in [4.69, 9.17) is 18.5 Å². The molecule has 9 nitrogen and oxygen atoms in total. The zero-order valence-corrected chi connectivity index (χ0v) is 58.6. The van der Waals surface area contributed by atoms with Gasteiger partial charge in [0.15, 0.2) is 6.10 Å². The number of esters is 2. The summed E-state index contributed by atoms with van der Waals surface area (Å²) >= 11 is 0. The Bertz CT molecular complexity index is 1900. The van der Waals surface area contributed by atoms with E-state index in [0.717, 1.165) is 122 Å². The molecule has 0 spiro atoms. The van der Waals surface area contributed by atoms with Crippen molar-refractivity contribution in [3.8, 4) is 0 Å². The summed E-state index contributed by atoms with van der Waals surface area (Å²) in [5, 5.41) is 0. The van der Waals surface area contributed by atoms with Gasteiger partial charge < -0.3 is 18.9 Å². The van der Waals surface area contributed by atoms with E-state index in [0.29, 0.717) is 17.4 Å². The van der Waals surface area contributed by atoms with E-state index in [1.165, 1.54) is 154 Å². The Morgan fingerprint density at radius 2 is 0.648 bits per heavy atom. The van der Waals surface area contributed by atoms with Crippen LogP contribution in [0.1, 0.15) is 309 Å². The summed E-state index contributed by atoms with van der Waals surface area (Å²) in [5.41, 5.74) is 0. The lowest BCUT2D eigenvalue weighted by Crippen LogP contribution is -2.37. The van der Waals surface area contributed by atoms with E-state index in [1.54, 1.807) is 0 Å². The molecule has 0 aliphatic carbocycles. The molecule has 10 heteroatoms. The highest BCUT2D eigenvalue weighted by Gasteiger charge is 2.27. The molecule has 0 aliphatic rings. The second-order valence-electron chi connectivity index (χ2n) is 25.3. The number of rotatable bonds is 66. The molecule has 2 unspecified atom stereocenters. The fourth-order valence-corrected chi connectivity index (χ4v) is 10.7. The number of likely N-dealkylation sites (N-methyl/N-ethyl adjacent to an activating group) is 1. The van der Waals surface area contributed by atoms with Gasteiger partial charge in [-0.25, -0.2) is 4.57 Å². The molecule has 2 atom stereocenters. The van der Waals surface area contributed by atoms with Gasteiger partial charge in [-0.05, 0) is 89.9 Å². The lowest BCUT2D eigenvalue weighted by molar-refractivity contribution is -0.870. The lowest BCUT2D eigenvalue weighted by Gasteiger charge is -2.24. The SMILES string of the molecule is CC/C=C\C/C=C\C/C=C\C/C=C\C/C=C\C/C=C\C/C=C\C/C=C\C/C=C\C/C=C\CCCCCCCCC(=O)OC(COC(=O)CCCCCCCCCCCCCCCCCCCCCCCCCCCCC)COP(=O)(O)OCC[N+](C)(C)C. The molecule has 506 valence electrons. The van der Waals surface area contributed by atoms with Crippen LogP contribution in [-0.2, 0) is 32.7 Å². The molecule has 0 saturated carbocycles. The van der Waals surface area contributed by atoms with E-state index in [-0.39, 0.29) is 32.0 Å². The Labute approximate surface area is 543 Å². The van der Waals surface area contributed by atoms with Crippen LogP contribution >= 0.6 is 7.82 Å². The van der Waals surface area contributed by atoms with Gasteiger partial charge in [0.05, 0.1) is 27.7 Å².